The minimum atomic E-state index is 0.724. The fourth-order valence-electron chi connectivity index (χ4n) is 1.83. The Labute approximate surface area is 72.6 Å². The van der Waals surface area contributed by atoms with Gasteiger partial charge in [0.05, 0.1) is 0 Å². The predicted octanol–water partition coefficient (Wildman–Crippen LogP) is 1.44. The highest BCUT2D eigenvalue weighted by atomic mass is 15.3. The Balaban J connectivity index is 2.47. The summed E-state index contributed by atoms with van der Waals surface area (Å²) in [6, 6.07) is 0. The van der Waals surface area contributed by atoms with Gasteiger partial charge in [-0.1, -0.05) is 6.92 Å². The second kappa shape index (κ2) is 2.51. The molecule has 3 nitrogen and oxygen atoms in total. The average Bonchev–Trinajstić information content (AvgIpc) is 2.78. The van der Waals surface area contributed by atoms with Crippen molar-refractivity contribution in [2.24, 2.45) is 7.05 Å². The number of hydrogen-bond acceptors (Lipinski definition) is 2. The van der Waals surface area contributed by atoms with Crippen molar-refractivity contribution in [2.45, 2.75) is 32.1 Å². The van der Waals surface area contributed by atoms with E-state index in [2.05, 4.69) is 12.0 Å². The van der Waals surface area contributed by atoms with Crippen molar-refractivity contribution in [3.05, 3.63) is 11.3 Å². The third-order valence-electron chi connectivity index (χ3n) is 2.54. The summed E-state index contributed by atoms with van der Waals surface area (Å²) in [5.74, 6) is 1.47. The van der Waals surface area contributed by atoms with Gasteiger partial charge in [0.25, 0.3) is 0 Å². The highest BCUT2D eigenvalue weighted by Crippen LogP contribution is 2.42. The van der Waals surface area contributed by atoms with Gasteiger partial charge in [-0.3, -0.25) is 4.68 Å². The van der Waals surface area contributed by atoms with Gasteiger partial charge in [0.15, 0.2) is 0 Å². The van der Waals surface area contributed by atoms with Crippen LogP contribution in [0.25, 0.3) is 0 Å². The van der Waals surface area contributed by atoms with E-state index in [0.29, 0.717) is 0 Å². The second-order valence-corrected chi connectivity index (χ2v) is 3.50. The van der Waals surface area contributed by atoms with Crippen LogP contribution in [0.1, 0.15) is 36.9 Å². The lowest BCUT2D eigenvalue weighted by molar-refractivity contribution is 0.712. The zero-order valence-corrected chi connectivity index (χ0v) is 7.67. The number of anilines is 1. The van der Waals surface area contributed by atoms with Crippen LogP contribution in [-0.2, 0) is 13.5 Å². The van der Waals surface area contributed by atoms with E-state index in [0.717, 1.165) is 18.2 Å². The molecule has 0 unspecified atom stereocenters. The van der Waals surface area contributed by atoms with Gasteiger partial charge in [-0.05, 0) is 19.3 Å². The molecule has 2 rings (SSSR count). The van der Waals surface area contributed by atoms with Crippen LogP contribution < -0.4 is 5.73 Å². The molecule has 1 heterocycles. The summed E-state index contributed by atoms with van der Waals surface area (Å²) in [5.41, 5.74) is 8.42. The smallest absolute Gasteiger partial charge is 0.148 e. The van der Waals surface area contributed by atoms with Gasteiger partial charge in [0, 0.05) is 24.2 Å². The van der Waals surface area contributed by atoms with Crippen LogP contribution in [0.3, 0.4) is 0 Å². The van der Waals surface area contributed by atoms with Crippen molar-refractivity contribution in [3.63, 3.8) is 0 Å². The van der Waals surface area contributed by atoms with E-state index in [9.17, 15) is 0 Å². The van der Waals surface area contributed by atoms with Gasteiger partial charge in [-0.25, -0.2) is 0 Å². The molecule has 1 aromatic heterocycles. The molecule has 1 saturated carbocycles. The number of aryl methyl sites for hydroxylation is 1. The molecule has 1 fully saturated rings. The summed E-state index contributed by atoms with van der Waals surface area (Å²) >= 11 is 0. The lowest BCUT2D eigenvalue weighted by Gasteiger charge is -2.00. The summed E-state index contributed by atoms with van der Waals surface area (Å²) in [4.78, 5) is 0. The van der Waals surface area contributed by atoms with E-state index in [-0.39, 0.29) is 0 Å². The molecule has 0 saturated heterocycles. The topological polar surface area (TPSA) is 43.8 Å². The molecule has 1 aliphatic rings. The zero-order valence-electron chi connectivity index (χ0n) is 7.67. The molecule has 0 aliphatic heterocycles. The van der Waals surface area contributed by atoms with E-state index in [1.165, 1.54) is 24.1 Å². The third kappa shape index (κ3) is 1.00. The highest BCUT2D eigenvalue weighted by molar-refractivity contribution is 5.45. The molecule has 3 heteroatoms. The van der Waals surface area contributed by atoms with Crippen molar-refractivity contribution >= 4 is 5.82 Å². The van der Waals surface area contributed by atoms with Crippen molar-refractivity contribution in [2.75, 3.05) is 5.73 Å². The number of aromatic nitrogens is 2. The van der Waals surface area contributed by atoms with Crippen LogP contribution in [0.5, 0.6) is 0 Å². The summed E-state index contributed by atoms with van der Waals surface area (Å²) in [6.07, 6.45) is 3.63. The molecule has 12 heavy (non-hydrogen) atoms. The third-order valence-corrected chi connectivity index (χ3v) is 2.54. The van der Waals surface area contributed by atoms with Crippen LogP contribution in [0, 0.1) is 0 Å². The summed E-state index contributed by atoms with van der Waals surface area (Å²) < 4.78 is 1.95. The monoisotopic (exact) mass is 165 g/mol. The quantitative estimate of drug-likeness (QED) is 0.720. The molecule has 0 atom stereocenters. The minimum absolute atomic E-state index is 0.724. The van der Waals surface area contributed by atoms with Gasteiger partial charge < -0.3 is 5.73 Å². The Kier molecular flexibility index (Phi) is 1.60. The van der Waals surface area contributed by atoms with Crippen LogP contribution in [-0.4, -0.2) is 9.78 Å². The predicted molar refractivity (Wildman–Crippen MR) is 49.0 cm³/mol. The average molecular weight is 165 g/mol. The van der Waals surface area contributed by atoms with Gasteiger partial charge in [0.2, 0.25) is 0 Å². The summed E-state index contributed by atoms with van der Waals surface area (Å²) in [6.45, 7) is 2.14. The Morgan fingerprint density at radius 2 is 2.25 bits per heavy atom. The van der Waals surface area contributed by atoms with Crippen molar-refractivity contribution in [1.29, 1.82) is 0 Å². The van der Waals surface area contributed by atoms with E-state index < -0.39 is 0 Å². The molecule has 66 valence electrons. The molecule has 1 aliphatic carbocycles. The van der Waals surface area contributed by atoms with E-state index in [1.54, 1.807) is 0 Å². The number of nitrogen functional groups attached to an aromatic ring is 1. The second-order valence-electron chi connectivity index (χ2n) is 3.50. The van der Waals surface area contributed by atoms with E-state index in [4.69, 9.17) is 5.73 Å². The van der Waals surface area contributed by atoms with E-state index in [1.807, 2.05) is 11.7 Å². The maximum atomic E-state index is 5.79. The number of nitrogens with two attached hydrogens (primary N) is 1. The largest absolute Gasteiger partial charge is 0.382 e. The first kappa shape index (κ1) is 7.65. The van der Waals surface area contributed by atoms with Gasteiger partial charge in [-0.15, -0.1) is 0 Å². The lowest BCUT2D eigenvalue weighted by atomic mass is 10.1. The molecular formula is C9H15N3. The Morgan fingerprint density at radius 3 is 2.75 bits per heavy atom. The molecule has 0 radical (unpaired) electrons. The fourth-order valence-corrected chi connectivity index (χ4v) is 1.83. The highest BCUT2D eigenvalue weighted by Gasteiger charge is 2.30. The number of rotatable bonds is 2. The molecule has 1 aromatic rings. The van der Waals surface area contributed by atoms with Gasteiger partial charge in [0.1, 0.15) is 5.82 Å². The van der Waals surface area contributed by atoms with Crippen LogP contribution in [0.15, 0.2) is 0 Å². The van der Waals surface area contributed by atoms with Crippen molar-refractivity contribution in [1.82, 2.24) is 9.78 Å². The maximum absolute atomic E-state index is 5.79. The first-order valence-corrected chi connectivity index (χ1v) is 4.55. The normalized spacial score (nSPS) is 16.8. The molecule has 0 aromatic carbocycles. The van der Waals surface area contributed by atoms with Crippen molar-refractivity contribution in [3.8, 4) is 0 Å². The van der Waals surface area contributed by atoms with Gasteiger partial charge >= 0.3 is 0 Å². The first-order valence-electron chi connectivity index (χ1n) is 4.55. The maximum Gasteiger partial charge on any atom is 0.148 e. The van der Waals surface area contributed by atoms with Crippen LogP contribution >= 0.6 is 0 Å². The Hall–Kier alpha value is -0.990. The van der Waals surface area contributed by atoms with E-state index >= 15 is 0 Å². The lowest BCUT2D eigenvalue weighted by Crippen LogP contribution is -1.97. The minimum Gasteiger partial charge on any atom is -0.382 e. The van der Waals surface area contributed by atoms with Crippen LogP contribution in [0.2, 0.25) is 0 Å². The first-order chi connectivity index (χ1) is 5.74. The SMILES string of the molecule is CCc1c(N)nn(C)c1C1CC1. The Bertz CT molecular complexity index is 297. The fraction of sp³-hybridized carbons (Fsp3) is 0.667. The molecule has 0 spiro atoms. The molecule has 0 amide bonds. The molecular weight excluding hydrogens is 150 g/mol. The standard InChI is InChI=1S/C9H15N3/c1-3-7-8(6-4-5-6)12(2)11-9(7)10/h6H,3-5H2,1-2H3,(H2,10,11). The van der Waals surface area contributed by atoms with Crippen molar-refractivity contribution < 1.29 is 0 Å². The number of nitrogens with zero attached hydrogens (tertiary/aromatic N) is 2. The molecule has 2 N–H and O–H groups in total. The summed E-state index contributed by atoms with van der Waals surface area (Å²) in [5, 5.41) is 4.24. The van der Waals surface area contributed by atoms with Gasteiger partial charge in [-0.2, -0.15) is 5.10 Å². The van der Waals surface area contributed by atoms with Crippen LogP contribution in [0.4, 0.5) is 5.82 Å². The Morgan fingerprint density at radius 1 is 1.58 bits per heavy atom. The molecule has 0 bridgehead atoms. The number of hydrogen-bond donors (Lipinski definition) is 1. The summed E-state index contributed by atoms with van der Waals surface area (Å²) in [7, 11) is 1.99. The zero-order chi connectivity index (χ0) is 8.72.